The summed E-state index contributed by atoms with van der Waals surface area (Å²) in [6.45, 7) is 0.254. The van der Waals surface area contributed by atoms with Crippen molar-refractivity contribution in [2.75, 3.05) is 0 Å². The Hall–Kier alpha value is -3.79. The van der Waals surface area contributed by atoms with Crippen molar-refractivity contribution in [1.29, 1.82) is 0 Å². The van der Waals surface area contributed by atoms with Gasteiger partial charge in [0.15, 0.2) is 5.76 Å². The van der Waals surface area contributed by atoms with Crippen LogP contribution in [0, 0.1) is 0 Å². The average molecular weight is 364 g/mol. The van der Waals surface area contributed by atoms with Gasteiger partial charge < -0.3 is 4.74 Å². The van der Waals surface area contributed by atoms with Crippen LogP contribution in [0.3, 0.4) is 0 Å². The number of Topliss-reactive ketones (excluding diaryl/α,β-unsaturated/α-hetero) is 1. The molecule has 0 unspecified atom stereocenters. The third kappa shape index (κ3) is 2.76. The maximum Gasteiger partial charge on any atom is 0.230 e. The molecule has 4 aromatic rings. The topological polar surface area (TPSA) is 52.1 Å². The zero-order valence-electron chi connectivity index (χ0n) is 15.0. The average Bonchev–Trinajstić information content (AvgIpc) is 2.76. The maximum atomic E-state index is 13.4. The second-order valence-corrected chi connectivity index (χ2v) is 6.57. The maximum absolute atomic E-state index is 13.4. The number of hydrogen-bond acceptors (Lipinski definition) is 4. The Balaban J connectivity index is 1.76. The van der Waals surface area contributed by atoms with Crippen LogP contribution in [-0.2, 0) is 11.3 Å². The van der Waals surface area contributed by atoms with E-state index in [4.69, 9.17) is 9.72 Å². The summed E-state index contributed by atoms with van der Waals surface area (Å²) in [5.41, 5.74) is 4.71. The van der Waals surface area contributed by atoms with Crippen LogP contribution >= 0.6 is 0 Å². The minimum Gasteiger partial charge on any atom is -0.483 e. The summed E-state index contributed by atoms with van der Waals surface area (Å²) in [6.07, 6.45) is 3.38. The van der Waals surface area contributed by atoms with E-state index in [1.165, 1.54) is 0 Å². The summed E-state index contributed by atoms with van der Waals surface area (Å²) in [7, 11) is 0. The zero-order valence-corrected chi connectivity index (χ0v) is 15.0. The van der Waals surface area contributed by atoms with Crippen LogP contribution in [0.5, 0.6) is 0 Å². The van der Waals surface area contributed by atoms with Crippen molar-refractivity contribution >= 4 is 22.8 Å². The first-order valence-corrected chi connectivity index (χ1v) is 9.08. The monoisotopic (exact) mass is 364 g/mol. The van der Waals surface area contributed by atoms with Gasteiger partial charge in [-0.2, -0.15) is 0 Å². The predicted octanol–water partition coefficient (Wildman–Crippen LogP) is 5.05. The zero-order chi connectivity index (χ0) is 18.9. The molecule has 4 nitrogen and oxygen atoms in total. The molecular weight excluding hydrogens is 348 g/mol. The molecule has 134 valence electrons. The number of rotatable bonds is 2. The number of ether oxygens (including phenoxy) is 1. The van der Waals surface area contributed by atoms with E-state index in [2.05, 4.69) is 4.98 Å². The van der Waals surface area contributed by atoms with Gasteiger partial charge >= 0.3 is 0 Å². The minimum atomic E-state index is -0.163. The van der Waals surface area contributed by atoms with Gasteiger partial charge in [0.25, 0.3) is 0 Å². The molecule has 0 saturated heterocycles. The number of carbonyl (C=O) groups is 1. The lowest BCUT2D eigenvalue weighted by Gasteiger charge is -2.22. The SMILES string of the molecule is O=C1C(=Cc2ccccn2)OCc2nc3ccccc3c(-c3ccccc3)c21. The molecule has 1 aliphatic rings. The lowest BCUT2D eigenvalue weighted by atomic mass is 9.90. The molecule has 0 bridgehead atoms. The van der Waals surface area contributed by atoms with E-state index in [0.717, 1.165) is 22.0 Å². The highest BCUT2D eigenvalue weighted by atomic mass is 16.5. The van der Waals surface area contributed by atoms with Gasteiger partial charge in [0, 0.05) is 23.2 Å². The van der Waals surface area contributed by atoms with E-state index in [0.29, 0.717) is 22.7 Å². The highest BCUT2D eigenvalue weighted by Crippen LogP contribution is 2.37. The van der Waals surface area contributed by atoms with Crippen LogP contribution in [0.25, 0.3) is 28.1 Å². The van der Waals surface area contributed by atoms with Gasteiger partial charge in [-0.15, -0.1) is 0 Å². The van der Waals surface area contributed by atoms with Crippen LogP contribution < -0.4 is 0 Å². The summed E-state index contributed by atoms with van der Waals surface area (Å²) < 4.78 is 5.77. The third-order valence-electron chi connectivity index (χ3n) is 4.81. The molecule has 0 amide bonds. The summed E-state index contributed by atoms with van der Waals surface area (Å²) in [5.74, 6) is 0.129. The lowest BCUT2D eigenvalue weighted by Crippen LogP contribution is -2.19. The van der Waals surface area contributed by atoms with Crippen molar-refractivity contribution in [3.63, 3.8) is 0 Å². The lowest BCUT2D eigenvalue weighted by molar-refractivity contribution is 0.0866. The van der Waals surface area contributed by atoms with Gasteiger partial charge in [0.2, 0.25) is 5.78 Å². The number of fused-ring (bicyclic) bond motifs is 2. The normalized spacial score (nSPS) is 14.7. The van der Waals surface area contributed by atoms with E-state index in [-0.39, 0.29) is 12.4 Å². The molecule has 0 atom stereocenters. The van der Waals surface area contributed by atoms with Gasteiger partial charge in [-0.1, -0.05) is 54.6 Å². The minimum absolute atomic E-state index is 0.163. The van der Waals surface area contributed by atoms with E-state index in [9.17, 15) is 4.79 Å². The smallest absolute Gasteiger partial charge is 0.230 e. The Labute approximate surface area is 162 Å². The summed E-state index contributed by atoms with van der Waals surface area (Å²) in [6, 6.07) is 23.4. The first kappa shape index (κ1) is 16.4. The second kappa shape index (κ2) is 6.74. The van der Waals surface area contributed by atoms with Crippen LogP contribution in [0.4, 0.5) is 0 Å². The standard InChI is InChI=1S/C24H16N2O2/c27-24-21(14-17-10-6-7-13-25-17)28-15-20-23(24)22(16-8-2-1-3-9-16)18-11-4-5-12-19(18)26-20/h1-14H,15H2. The molecule has 0 saturated carbocycles. The molecule has 0 spiro atoms. The number of allylic oxidation sites excluding steroid dienone is 1. The van der Waals surface area contributed by atoms with Crippen molar-refractivity contribution in [1.82, 2.24) is 9.97 Å². The molecule has 3 heterocycles. The van der Waals surface area contributed by atoms with Crippen molar-refractivity contribution in [3.05, 3.63) is 102 Å². The van der Waals surface area contributed by atoms with Crippen LogP contribution in [0.15, 0.2) is 84.8 Å². The van der Waals surface area contributed by atoms with Gasteiger partial charge in [0.1, 0.15) is 6.61 Å². The number of hydrogen-bond donors (Lipinski definition) is 0. The fourth-order valence-electron chi connectivity index (χ4n) is 3.55. The van der Waals surface area contributed by atoms with E-state index >= 15 is 0 Å². The number of aromatic nitrogens is 2. The molecule has 2 aromatic heterocycles. The molecule has 28 heavy (non-hydrogen) atoms. The Morgan fingerprint density at radius 2 is 1.64 bits per heavy atom. The first-order valence-electron chi connectivity index (χ1n) is 9.08. The Morgan fingerprint density at radius 1 is 0.857 bits per heavy atom. The van der Waals surface area contributed by atoms with Gasteiger partial charge in [-0.3, -0.25) is 9.78 Å². The molecule has 0 fully saturated rings. The number of ketones is 1. The fourth-order valence-corrected chi connectivity index (χ4v) is 3.55. The van der Waals surface area contributed by atoms with E-state index in [1.807, 2.05) is 72.8 Å². The van der Waals surface area contributed by atoms with Crippen molar-refractivity contribution in [3.8, 4) is 11.1 Å². The predicted molar refractivity (Wildman–Crippen MR) is 109 cm³/mol. The van der Waals surface area contributed by atoms with Gasteiger partial charge in [-0.25, -0.2) is 4.98 Å². The van der Waals surface area contributed by atoms with Crippen LogP contribution in [0.2, 0.25) is 0 Å². The second-order valence-electron chi connectivity index (χ2n) is 6.57. The molecule has 4 heteroatoms. The number of pyridine rings is 2. The first-order chi connectivity index (χ1) is 13.8. The number of carbonyl (C=O) groups excluding carboxylic acids is 1. The number of para-hydroxylation sites is 1. The quantitative estimate of drug-likeness (QED) is 0.467. The summed E-state index contributed by atoms with van der Waals surface area (Å²) in [4.78, 5) is 22.4. The molecule has 0 N–H and O–H groups in total. The summed E-state index contributed by atoms with van der Waals surface area (Å²) in [5, 5.41) is 0.958. The Kier molecular flexibility index (Phi) is 3.95. The van der Waals surface area contributed by atoms with Crippen molar-refractivity contribution < 1.29 is 9.53 Å². The molecule has 2 aromatic carbocycles. The van der Waals surface area contributed by atoms with Gasteiger partial charge in [-0.05, 0) is 23.8 Å². The Morgan fingerprint density at radius 3 is 2.46 bits per heavy atom. The summed E-state index contributed by atoms with van der Waals surface area (Å²) >= 11 is 0. The van der Waals surface area contributed by atoms with Crippen molar-refractivity contribution in [2.45, 2.75) is 6.61 Å². The third-order valence-corrected chi connectivity index (χ3v) is 4.81. The highest BCUT2D eigenvalue weighted by molar-refractivity contribution is 6.18. The molecule has 0 radical (unpaired) electrons. The molecule has 0 aliphatic carbocycles. The number of nitrogens with zero attached hydrogens (tertiary/aromatic N) is 2. The van der Waals surface area contributed by atoms with Crippen molar-refractivity contribution in [2.24, 2.45) is 0 Å². The fraction of sp³-hybridized carbons (Fsp3) is 0.0417. The highest BCUT2D eigenvalue weighted by Gasteiger charge is 2.29. The molecule has 1 aliphatic heterocycles. The molecular formula is C24H16N2O2. The van der Waals surface area contributed by atoms with Gasteiger partial charge in [0.05, 0.1) is 22.5 Å². The Bertz CT molecular complexity index is 1220. The largest absolute Gasteiger partial charge is 0.483 e. The van der Waals surface area contributed by atoms with E-state index < -0.39 is 0 Å². The van der Waals surface area contributed by atoms with Crippen LogP contribution in [-0.4, -0.2) is 15.8 Å². The van der Waals surface area contributed by atoms with E-state index in [1.54, 1.807) is 12.3 Å². The molecule has 5 rings (SSSR count). The number of benzene rings is 2. The van der Waals surface area contributed by atoms with Crippen LogP contribution in [0.1, 0.15) is 21.7 Å².